The van der Waals surface area contributed by atoms with Crippen LogP contribution in [0.4, 0.5) is 10.2 Å². The van der Waals surface area contributed by atoms with E-state index in [9.17, 15) is 9.50 Å². The Bertz CT molecular complexity index is 634. The van der Waals surface area contributed by atoms with E-state index in [-0.39, 0.29) is 11.9 Å². The van der Waals surface area contributed by atoms with Gasteiger partial charge in [0.1, 0.15) is 18.0 Å². The summed E-state index contributed by atoms with van der Waals surface area (Å²) in [5, 5.41) is 14.0. The average Bonchev–Trinajstić information content (AvgIpc) is 2.53. The van der Waals surface area contributed by atoms with Crippen LogP contribution in [0.3, 0.4) is 0 Å². The minimum Gasteiger partial charge on any atom is -0.393 e. The first-order chi connectivity index (χ1) is 10.7. The van der Waals surface area contributed by atoms with Crippen molar-refractivity contribution >= 4 is 16.7 Å². The van der Waals surface area contributed by atoms with Gasteiger partial charge in [0, 0.05) is 11.9 Å². The van der Waals surface area contributed by atoms with Crippen molar-refractivity contribution in [1.29, 1.82) is 0 Å². The summed E-state index contributed by atoms with van der Waals surface area (Å²) in [5.74, 6) is 0.819. The second-order valence-electron chi connectivity index (χ2n) is 6.06. The van der Waals surface area contributed by atoms with Gasteiger partial charge in [0.2, 0.25) is 0 Å². The fourth-order valence-electron chi connectivity index (χ4n) is 3.27. The maximum absolute atomic E-state index is 13.4. The summed E-state index contributed by atoms with van der Waals surface area (Å²) < 4.78 is 13.4. The summed E-state index contributed by atoms with van der Waals surface area (Å²) in [5.41, 5.74) is 0.738. The van der Waals surface area contributed by atoms with Crippen LogP contribution in [-0.4, -0.2) is 27.7 Å². The summed E-state index contributed by atoms with van der Waals surface area (Å²) in [7, 11) is 0. The third-order valence-corrected chi connectivity index (χ3v) is 4.51. The van der Waals surface area contributed by atoms with Gasteiger partial charge >= 0.3 is 0 Å². The maximum atomic E-state index is 13.4. The van der Waals surface area contributed by atoms with Crippen molar-refractivity contribution in [3.63, 3.8) is 0 Å². The van der Waals surface area contributed by atoms with Crippen molar-refractivity contribution in [2.75, 3.05) is 11.9 Å². The van der Waals surface area contributed by atoms with Gasteiger partial charge in [-0.3, -0.25) is 0 Å². The lowest BCUT2D eigenvalue weighted by Gasteiger charge is -2.27. The normalized spacial score (nSPS) is 21.9. The number of nitrogens with one attached hydrogen (secondary N) is 1. The number of anilines is 1. The van der Waals surface area contributed by atoms with Crippen LogP contribution >= 0.6 is 0 Å². The average molecular weight is 303 g/mol. The number of benzene rings is 1. The Kier molecular flexibility index (Phi) is 4.83. The lowest BCUT2D eigenvalue weighted by molar-refractivity contribution is 0.0648. The molecule has 2 aromatic rings. The van der Waals surface area contributed by atoms with Crippen LogP contribution < -0.4 is 5.32 Å². The molecular weight excluding hydrogens is 281 g/mol. The van der Waals surface area contributed by atoms with Crippen LogP contribution in [0.15, 0.2) is 24.5 Å². The van der Waals surface area contributed by atoms with Crippen LogP contribution in [-0.2, 0) is 0 Å². The predicted octanol–water partition coefficient (Wildman–Crippen LogP) is 3.51. The number of aliphatic hydroxyl groups excluding tert-OH is 1. The molecule has 1 heterocycles. The molecule has 5 heteroatoms. The number of fused-ring (bicyclic) bond motifs is 1. The van der Waals surface area contributed by atoms with Crippen molar-refractivity contribution in [2.45, 2.75) is 44.6 Å². The lowest BCUT2D eigenvalue weighted by Crippen LogP contribution is -2.24. The van der Waals surface area contributed by atoms with Crippen LogP contribution in [0.5, 0.6) is 0 Å². The first-order valence-corrected chi connectivity index (χ1v) is 8.06. The van der Waals surface area contributed by atoms with E-state index in [1.54, 1.807) is 6.07 Å². The second-order valence-corrected chi connectivity index (χ2v) is 6.06. The Hall–Kier alpha value is -1.75. The number of nitrogens with zero attached hydrogens (tertiary/aromatic N) is 2. The number of rotatable bonds is 5. The van der Waals surface area contributed by atoms with Crippen molar-refractivity contribution < 1.29 is 9.50 Å². The Labute approximate surface area is 129 Å². The van der Waals surface area contributed by atoms with Crippen LogP contribution in [0.2, 0.25) is 0 Å². The third-order valence-electron chi connectivity index (χ3n) is 4.51. The van der Waals surface area contributed by atoms with E-state index < -0.39 is 0 Å². The minimum atomic E-state index is -0.282. The predicted molar refractivity (Wildman–Crippen MR) is 85.2 cm³/mol. The fraction of sp³-hybridized carbons (Fsp3) is 0.529. The summed E-state index contributed by atoms with van der Waals surface area (Å²) in [6.07, 6.45) is 7.79. The molecule has 0 radical (unpaired) electrons. The second kappa shape index (κ2) is 7.01. The van der Waals surface area contributed by atoms with E-state index in [2.05, 4.69) is 15.3 Å². The minimum absolute atomic E-state index is 0.136. The first-order valence-electron chi connectivity index (χ1n) is 8.06. The van der Waals surface area contributed by atoms with Gasteiger partial charge in [-0.25, -0.2) is 14.4 Å². The molecule has 1 fully saturated rings. The molecule has 2 N–H and O–H groups in total. The smallest absolute Gasteiger partial charge is 0.137 e. The molecule has 0 amide bonds. The van der Waals surface area contributed by atoms with Crippen molar-refractivity contribution in [3.05, 3.63) is 30.3 Å². The zero-order valence-corrected chi connectivity index (χ0v) is 12.6. The molecule has 22 heavy (non-hydrogen) atoms. The van der Waals surface area contributed by atoms with E-state index in [4.69, 9.17) is 0 Å². The van der Waals surface area contributed by atoms with E-state index in [0.29, 0.717) is 17.1 Å². The van der Waals surface area contributed by atoms with Crippen molar-refractivity contribution in [2.24, 2.45) is 5.92 Å². The highest BCUT2D eigenvalue weighted by atomic mass is 19.1. The molecule has 2 atom stereocenters. The molecule has 1 saturated carbocycles. The molecule has 4 nitrogen and oxygen atoms in total. The van der Waals surface area contributed by atoms with Gasteiger partial charge in [-0.1, -0.05) is 12.8 Å². The maximum Gasteiger partial charge on any atom is 0.137 e. The van der Waals surface area contributed by atoms with E-state index in [1.165, 1.54) is 24.9 Å². The monoisotopic (exact) mass is 303 g/mol. The molecule has 0 saturated heterocycles. The van der Waals surface area contributed by atoms with Crippen molar-refractivity contribution in [3.8, 4) is 0 Å². The van der Waals surface area contributed by atoms with Gasteiger partial charge in [-0.15, -0.1) is 0 Å². The zero-order valence-electron chi connectivity index (χ0n) is 12.6. The number of aliphatic hydroxyl groups is 1. The first kappa shape index (κ1) is 15.2. The number of hydrogen-bond acceptors (Lipinski definition) is 4. The van der Waals surface area contributed by atoms with Gasteiger partial charge in [-0.2, -0.15) is 0 Å². The van der Waals surface area contributed by atoms with Crippen LogP contribution in [0.25, 0.3) is 10.9 Å². The quantitative estimate of drug-likeness (QED) is 0.830. The van der Waals surface area contributed by atoms with Gasteiger partial charge in [0.15, 0.2) is 0 Å². The summed E-state index contributed by atoms with van der Waals surface area (Å²) in [6.45, 7) is 0.770. The van der Waals surface area contributed by atoms with Gasteiger partial charge in [0.25, 0.3) is 0 Å². The molecule has 3 rings (SSSR count). The number of aromatic nitrogens is 2. The molecule has 1 aliphatic carbocycles. The summed E-state index contributed by atoms with van der Waals surface area (Å²) in [4.78, 5) is 8.35. The molecule has 0 aliphatic heterocycles. The Morgan fingerprint density at radius 1 is 1.23 bits per heavy atom. The summed E-state index contributed by atoms with van der Waals surface area (Å²) in [6, 6.07) is 4.53. The highest BCUT2D eigenvalue weighted by Gasteiger charge is 2.22. The molecule has 1 aromatic heterocycles. The summed E-state index contributed by atoms with van der Waals surface area (Å²) >= 11 is 0. The van der Waals surface area contributed by atoms with Crippen LogP contribution in [0, 0.1) is 11.7 Å². The van der Waals surface area contributed by atoms with Crippen LogP contribution in [0.1, 0.15) is 38.5 Å². The number of halogens is 1. The molecular formula is C17H22FN3O. The molecule has 0 spiro atoms. The highest BCUT2D eigenvalue weighted by Crippen LogP contribution is 2.28. The molecule has 118 valence electrons. The third kappa shape index (κ3) is 3.53. The Morgan fingerprint density at radius 3 is 2.95 bits per heavy atom. The zero-order chi connectivity index (χ0) is 15.4. The Morgan fingerprint density at radius 2 is 2.09 bits per heavy atom. The number of hydrogen-bond donors (Lipinski definition) is 2. The van der Waals surface area contributed by atoms with Gasteiger partial charge < -0.3 is 10.4 Å². The fourth-order valence-corrected chi connectivity index (χ4v) is 3.27. The molecule has 0 bridgehead atoms. The van der Waals surface area contributed by atoms with Gasteiger partial charge in [-0.05, 0) is 49.8 Å². The molecule has 2 unspecified atom stereocenters. The molecule has 1 aliphatic rings. The largest absolute Gasteiger partial charge is 0.393 e. The van der Waals surface area contributed by atoms with Gasteiger partial charge in [0.05, 0.1) is 11.6 Å². The molecule has 1 aromatic carbocycles. The lowest BCUT2D eigenvalue weighted by atomic mass is 9.83. The standard InChI is InChI=1S/C17H22FN3O/c18-13-7-8-15-14(10-13)17(21-11-20-15)19-9-3-5-12-4-1-2-6-16(12)22/h7-8,10-12,16,22H,1-6,9H2,(H,19,20,21). The van der Waals surface area contributed by atoms with E-state index in [0.717, 1.165) is 44.2 Å². The highest BCUT2D eigenvalue weighted by molar-refractivity contribution is 5.88. The Balaban J connectivity index is 1.56. The SMILES string of the molecule is OC1CCCCC1CCCNc1ncnc2ccc(F)cc12. The van der Waals surface area contributed by atoms with E-state index >= 15 is 0 Å². The van der Waals surface area contributed by atoms with E-state index in [1.807, 2.05) is 0 Å². The topological polar surface area (TPSA) is 58.0 Å². The van der Waals surface area contributed by atoms with Crippen molar-refractivity contribution in [1.82, 2.24) is 9.97 Å².